The molecule has 3 aromatic rings. The second-order valence-corrected chi connectivity index (χ2v) is 6.50. The van der Waals surface area contributed by atoms with Gasteiger partial charge in [-0.05, 0) is 31.5 Å². The molecule has 0 fully saturated rings. The number of nitrogens with zero attached hydrogens (tertiary/aromatic N) is 3. The Labute approximate surface area is 146 Å². The van der Waals surface area contributed by atoms with Crippen molar-refractivity contribution in [3.05, 3.63) is 59.7 Å². The summed E-state index contributed by atoms with van der Waals surface area (Å²) in [6, 6.07) is 16.5. The molecule has 0 saturated heterocycles. The minimum absolute atomic E-state index is 0.837. The highest BCUT2D eigenvalue weighted by Gasteiger charge is 2.13. The van der Waals surface area contributed by atoms with E-state index in [9.17, 15) is 0 Å². The van der Waals surface area contributed by atoms with E-state index in [1.165, 1.54) is 11.1 Å². The second kappa shape index (κ2) is 7.53. The first-order valence-electron chi connectivity index (χ1n) is 7.97. The Morgan fingerprint density at radius 1 is 1.08 bits per heavy atom. The number of hydrogen-bond acceptors (Lipinski definition) is 4. The van der Waals surface area contributed by atoms with Crippen LogP contribution in [0.25, 0.3) is 11.4 Å². The SMILES string of the molecule is CCn1c(SCc2cccc(OC)c2)nnc1-c1ccc(C)cc1. The Bertz CT molecular complexity index is 812. The molecule has 24 heavy (non-hydrogen) atoms. The molecule has 3 rings (SSSR count). The maximum Gasteiger partial charge on any atom is 0.191 e. The first-order valence-corrected chi connectivity index (χ1v) is 8.95. The quantitative estimate of drug-likeness (QED) is 0.617. The number of ether oxygens (including phenoxy) is 1. The summed E-state index contributed by atoms with van der Waals surface area (Å²) in [6.07, 6.45) is 0. The van der Waals surface area contributed by atoms with Crippen LogP contribution in [0.2, 0.25) is 0 Å². The third kappa shape index (κ3) is 3.62. The van der Waals surface area contributed by atoms with Crippen molar-refractivity contribution >= 4 is 11.8 Å². The number of hydrogen-bond donors (Lipinski definition) is 0. The zero-order valence-electron chi connectivity index (χ0n) is 14.2. The van der Waals surface area contributed by atoms with Crippen LogP contribution >= 0.6 is 11.8 Å². The molecule has 0 aliphatic rings. The first kappa shape index (κ1) is 16.6. The number of rotatable bonds is 6. The van der Waals surface area contributed by atoms with Crippen molar-refractivity contribution in [2.75, 3.05) is 7.11 Å². The smallest absolute Gasteiger partial charge is 0.191 e. The molecule has 0 unspecified atom stereocenters. The van der Waals surface area contributed by atoms with Gasteiger partial charge in [0.2, 0.25) is 0 Å². The molecular weight excluding hydrogens is 318 g/mol. The third-order valence-corrected chi connectivity index (χ3v) is 4.88. The maximum atomic E-state index is 5.28. The number of benzene rings is 2. The van der Waals surface area contributed by atoms with Crippen LogP contribution in [0, 0.1) is 6.92 Å². The first-order chi connectivity index (χ1) is 11.7. The molecule has 0 amide bonds. The molecule has 5 heteroatoms. The number of aromatic nitrogens is 3. The summed E-state index contributed by atoms with van der Waals surface area (Å²) < 4.78 is 7.44. The van der Waals surface area contributed by atoms with Crippen molar-refractivity contribution in [3.63, 3.8) is 0 Å². The van der Waals surface area contributed by atoms with Gasteiger partial charge in [-0.15, -0.1) is 10.2 Å². The zero-order valence-corrected chi connectivity index (χ0v) is 15.0. The van der Waals surface area contributed by atoms with Gasteiger partial charge in [0.25, 0.3) is 0 Å². The van der Waals surface area contributed by atoms with Crippen molar-refractivity contribution in [1.82, 2.24) is 14.8 Å². The Hall–Kier alpha value is -2.27. The van der Waals surface area contributed by atoms with Crippen molar-refractivity contribution in [3.8, 4) is 17.1 Å². The van der Waals surface area contributed by atoms with Gasteiger partial charge in [-0.25, -0.2) is 0 Å². The van der Waals surface area contributed by atoms with Gasteiger partial charge in [0.1, 0.15) is 5.75 Å². The van der Waals surface area contributed by atoms with Gasteiger partial charge in [0.05, 0.1) is 7.11 Å². The minimum Gasteiger partial charge on any atom is -0.497 e. The fourth-order valence-corrected chi connectivity index (χ4v) is 3.45. The van der Waals surface area contributed by atoms with Gasteiger partial charge in [0.15, 0.2) is 11.0 Å². The average molecular weight is 339 g/mol. The van der Waals surface area contributed by atoms with Crippen LogP contribution in [0.3, 0.4) is 0 Å². The van der Waals surface area contributed by atoms with Crippen molar-refractivity contribution in [2.45, 2.75) is 31.3 Å². The largest absolute Gasteiger partial charge is 0.497 e. The van der Waals surface area contributed by atoms with Gasteiger partial charge >= 0.3 is 0 Å². The molecule has 0 aliphatic carbocycles. The van der Waals surface area contributed by atoms with Gasteiger partial charge in [-0.2, -0.15) is 0 Å². The average Bonchev–Trinajstić information content (AvgIpc) is 3.03. The fraction of sp³-hybridized carbons (Fsp3) is 0.263. The van der Waals surface area contributed by atoms with Crippen LogP contribution in [0.15, 0.2) is 53.7 Å². The normalized spacial score (nSPS) is 10.8. The predicted molar refractivity (Wildman–Crippen MR) is 98.4 cm³/mol. The Morgan fingerprint density at radius 3 is 2.58 bits per heavy atom. The second-order valence-electron chi connectivity index (χ2n) is 5.56. The van der Waals surface area contributed by atoms with Gasteiger partial charge in [-0.1, -0.05) is 53.7 Å². The Kier molecular flexibility index (Phi) is 5.20. The van der Waals surface area contributed by atoms with Gasteiger partial charge < -0.3 is 9.30 Å². The molecule has 0 saturated carbocycles. The van der Waals surface area contributed by atoms with E-state index in [1.807, 2.05) is 12.1 Å². The summed E-state index contributed by atoms with van der Waals surface area (Å²) in [5.74, 6) is 2.64. The molecule has 2 aromatic carbocycles. The lowest BCUT2D eigenvalue weighted by Gasteiger charge is -2.08. The highest BCUT2D eigenvalue weighted by Crippen LogP contribution is 2.27. The van der Waals surface area contributed by atoms with Crippen molar-refractivity contribution in [2.24, 2.45) is 0 Å². The van der Waals surface area contributed by atoms with E-state index >= 15 is 0 Å². The minimum atomic E-state index is 0.837. The molecule has 0 N–H and O–H groups in total. The summed E-state index contributed by atoms with van der Waals surface area (Å²) >= 11 is 1.70. The molecule has 0 bridgehead atoms. The molecule has 0 radical (unpaired) electrons. The number of aryl methyl sites for hydroxylation is 1. The van der Waals surface area contributed by atoms with E-state index in [4.69, 9.17) is 4.74 Å². The predicted octanol–water partition coefficient (Wildman–Crippen LogP) is 4.57. The summed E-state index contributed by atoms with van der Waals surface area (Å²) in [7, 11) is 1.69. The lowest BCUT2D eigenvalue weighted by Crippen LogP contribution is -2.00. The van der Waals surface area contributed by atoms with Crippen LogP contribution in [0.5, 0.6) is 5.75 Å². The summed E-state index contributed by atoms with van der Waals surface area (Å²) in [5, 5.41) is 9.73. The van der Waals surface area contributed by atoms with Crippen LogP contribution in [-0.4, -0.2) is 21.9 Å². The van der Waals surface area contributed by atoms with Crippen LogP contribution in [-0.2, 0) is 12.3 Å². The monoisotopic (exact) mass is 339 g/mol. The lowest BCUT2D eigenvalue weighted by atomic mass is 10.1. The molecule has 0 spiro atoms. The number of methoxy groups -OCH3 is 1. The maximum absolute atomic E-state index is 5.28. The fourth-order valence-electron chi connectivity index (χ4n) is 2.51. The standard InChI is InChI=1S/C19H21N3OS/c1-4-22-18(16-10-8-14(2)9-11-16)20-21-19(22)24-13-15-6-5-7-17(12-15)23-3/h5-12H,4,13H2,1-3H3. The van der Waals surface area contributed by atoms with Crippen molar-refractivity contribution in [1.29, 1.82) is 0 Å². The summed E-state index contributed by atoms with van der Waals surface area (Å²) in [4.78, 5) is 0. The topological polar surface area (TPSA) is 39.9 Å². The molecule has 4 nitrogen and oxygen atoms in total. The molecule has 124 valence electrons. The van der Waals surface area contributed by atoms with Gasteiger partial charge in [0, 0.05) is 17.9 Å². The van der Waals surface area contributed by atoms with E-state index < -0.39 is 0 Å². The van der Waals surface area contributed by atoms with Crippen LogP contribution in [0.1, 0.15) is 18.1 Å². The Morgan fingerprint density at radius 2 is 1.88 bits per heavy atom. The summed E-state index contributed by atoms with van der Waals surface area (Å²) in [5.41, 5.74) is 3.55. The highest BCUT2D eigenvalue weighted by atomic mass is 32.2. The summed E-state index contributed by atoms with van der Waals surface area (Å²) in [6.45, 7) is 5.05. The molecular formula is C19H21N3OS. The van der Waals surface area contributed by atoms with E-state index in [2.05, 4.69) is 65.0 Å². The molecule has 0 atom stereocenters. The van der Waals surface area contributed by atoms with Gasteiger partial charge in [-0.3, -0.25) is 0 Å². The van der Waals surface area contributed by atoms with E-state index in [0.29, 0.717) is 0 Å². The Balaban J connectivity index is 1.80. The lowest BCUT2D eigenvalue weighted by molar-refractivity contribution is 0.414. The van der Waals surface area contributed by atoms with E-state index in [1.54, 1.807) is 18.9 Å². The van der Waals surface area contributed by atoms with Crippen LogP contribution < -0.4 is 4.74 Å². The zero-order chi connectivity index (χ0) is 16.9. The van der Waals surface area contributed by atoms with E-state index in [-0.39, 0.29) is 0 Å². The van der Waals surface area contributed by atoms with Crippen LogP contribution in [0.4, 0.5) is 0 Å². The van der Waals surface area contributed by atoms with Crippen molar-refractivity contribution < 1.29 is 4.74 Å². The van der Waals surface area contributed by atoms with E-state index in [0.717, 1.165) is 34.6 Å². The number of thioether (sulfide) groups is 1. The molecule has 0 aliphatic heterocycles. The highest BCUT2D eigenvalue weighted by molar-refractivity contribution is 7.98. The molecule has 1 heterocycles. The molecule has 1 aromatic heterocycles. The third-order valence-electron chi connectivity index (χ3n) is 3.84.